The first-order chi connectivity index (χ1) is 14.8. The first-order valence-corrected chi connectivity index (χ1v) is 11.8. The molecule has 0 radical (unpaired) electrons. The lowest BCUT2D eigenvalue weighted by Gasteiger charge is -2.30. The maximum atomic E-state index is 13.5. The van der Waals surface area contributed by atoms with E-state index >= 15 is 0 Å². The van der Waals surface area contributed by atoms with Crippen LogP contribution in [0, 0.1) is 11.6 Å². The van der Waals surface area contributed by atoms with Gasteiger partial charge in [-0.15, -0.1) is 10.2 Å². The summed E-state index contributed by atoms with van der Waals surface area (Å²) in [6, 6.07) is 11.5. The van der Waals surface area contributed by atoms with E-state index in [1.165, 1.54) is 4.31 Å². The molecule has 1 aliphatic rings. The minimum absolute atomic E-state index is 0.121. The van der Waals surface area contributed by atoms with Crippen molar-refractivity contribution >= 4 is 33.0 Å². The summed E-state index contributed by atoms with van der Waals surface area (Å²) in [5, 5.41) is 11.5. The summed E-state index contributed by atoms with van der Waals surface area (Å²) in [6.07, 6.45) is 1.25. The Morgan fingerprint density at radius 1 is 1.10 bits per heavy atom. The van der Waals surface area contributed by atoms with Gasteiger partial charge in [0.2, 0.25) is 15.0 Å². The molecule has 1 amide bonds. The molecule has 0 spiro atoms. The molecular weight excluding hydrogens is 446 g/mol. The molecule has 1 N–H and O–H groups in total. The fourth-order valence-corrected chi connectivity index (χ4v) is 5.75. The topological polar surface area (TPSA) is 92.3 Å². The normalized spacial score (nSPS) is 17.4. The van der Waals surface area contributed by atoms with E-state index in [0.29, 0.717) is 29.6 Å². The number of hydrogen-bond donors (Lipinski definition) is 1. The number of amides is 1. The van der Waals surface area contributed by atoms with Crippen LogP contribution in [0.1, 0.15) is 33.6 Å². The maximum absolute atomic E-state index is 13.5. The Bertz CT molecular complexity index is 1200. The van der Waals surface area contributed by atoms with Crippen molar-refractivity contribution in [2.45, 2.75) is 23.7 Å². The number of piperidine rings is 1. The molecule has 0 aliphatic carbocycles. The van der Waals surface area contributed by atoms with Gasteiger partial charge in [-0.2, -0.15) is 4.31 Å². The Morgan fingerprint density at radius 3 is 2.61 bits per heavy atom. The van der Waals surface area contributed by atoms with Gasteiger partial charge >= 0.3 is 0 Å². The maximum Gasteiger partial charge on any atom is 0.286 e. The highest BCUT2D eigenvalue weighted by Gasteiger charge is 2.33. The van der Waals surface area contributed by atoms with Gasteiger partial charge in [0.15, 0.2) is 11.6 Å². The fourth-order valence-electron chi connectivity index (χ4n) is 3.35. The molecule has 7 nitrogen and oxygen atoms in total. The molecule has 0 saturated carbocycles. The fraction of sp³-hybridized carbons (Fsp3) is 0.250. The molecule has 2 aromatic carbocycles. The van der Waals surface area contributed by atoms with E-state index in [2.05, 4.69) is 15.5 Å². The predicted molar refractivity (Wildman–Crippen MR) is 111 cm³/mol. The second kappa shape index (κ2) is 8.77. The zero-order valence-corrected chi connectivity index (χ0v) is 17.8. The molecular formula is C20H18F2N4O3S2. The van der Waals surface area contributed by atoms with Crippen LogP contribution in [0.3, 0.4) is 0 Å². The van der Waals surface area contributed by atoms with Gasteiger partial charge in [0, 0.05) is 24.7 Å². The molecule has 1 fully saturated rings. The van der Waals surface area contributed by atoms with Gasteiger partial charge in [0.25, 0.3) is 5.91 Å². The first kappa shape index (κ1) is 21.5. The third-order valence-electron chi connectivity index (χ3n) is 4.93. The standard InChI is InChI=1S/C20H18F2N4O3S2/c21-16-9-8-15(11-17(16)22)31(28,29)26-10-4-5-13(12-26)19-24-25-20(30-19)18(27)23-14-6-2-1-3-7-14/h1-3,6-9,11,13H,4-5,10,12H2,(H,23,27)/t13-/m0/s1. The second-order valence-electron chi connectivity index (χ2n) is 7.04. The summed E-state index contributed by atoms with van der Waals surface area (Å²) in [5.74, 6) is -2.96. The van der Waals surface area contributed by atoms with Crippen molar-refractivity contribution in [1.29, 1.82) is 0 Å². The van der Waals surface area contributed by atoms with E-state index in [-0.39, 0.29) is 28.9 Å². The average molecular weight is 465 g/mol. The molecule has 1 saturated heterocycles. The van der Waals surface area contributed by atoms with Crippen molar-refractivity contribution in [3.63, 3.8) is 0 Å². The Kier molecular flexibility index (Phi) is 6.08. The van der Waals surface area contributed by atoms with Crippen molar-refractivity contribution in [2.75, 3.05) is 18.4 Å². The minimum Gasteiger partial charge on any atom is -0.320 e. The quantitative estimate of drug-likeness (QED) is 0.623. The lowest BCUT2D eigenvalue weighted by atomic mass is 10.0. The van der Waals surface area contributed by atoms with E-state index in [9.17, 15) is 22.0 Å². The van der Waals surface area contributed by atoms with Crippen molar-refractivity contribution in [2.24, 2.45) is 0 Å². The molecule has 0 unspecified atom stereocenters. The van der Waals surface area contributed by atoms with Crippen LogP contribution >= 0.6 is 11.3 Å². The average Bonchev–Trinajstić information content (AvgIpc) is 3.27. The monoisotopic (exact) mass is 464 g/mol. The Morgan fingerprint density at radius 2 is 1.87 bits per heavy atom. The number of para-hydroxylation sites is 1. The molecule has 3 aromatic rings. The zero-order valence-electron chi connectivity index (χ0n) is 16.2. The third-order valence-corrected chi connectivity index (χ3v) is 7.87. The third kappa shape index (κ3) is 4.63. The summed E-state index contributed by atoms with van der Waals surface area (Å²) in [7, 11) is -3.99. The number of hydrogen-bond acceptors (Lipinski definition) is 6. The van der Waals surface area contributed by atoms with Crippen LogP contribution in [0.25, 0.3) is 0 Å². The van der Waals surface area contributed by atoms with Gasteiger partial charge in [0.05, 0.1) is 4.90 Å². The van der Waals surface area contributed by atoms with Crippen LogP contribution in [0.4, 0.5) is 14.5 Å². The van der Waals surface area contributed by atoms with Crippen molar-refractivity contribution in [3.05, 3.63) is 70.2 Å². The lowest BCUT2D eigenvalue weighted by molar-refractivity contribution is 0.102. The smallest absolute Gasteiger partial charge is 0.286 e. The number of carbonyl (C=O) groups excluding carboxylic acids is 1. The van der Waals surface area contributed by atoms with Crippen LogP contribution in [0.15, 0.2) is 53.4 Å². The van der Waals surface area contributed by atoms with Crippen LogP contribution in [0.2, 0.25) is 0 Å². The number of halogens is 2. The van der Waals surface area contributed by atoms with Crippen molar-refractivity contribution in [3.8, 4) is 0 Å². The number of anilines is 1. The summed E-state index contributed by atoms with van der Waals surface area (Å²) in [4.78, 5) is 12.1. The zero-order chi connectivity index (χ0) is 22.0. The van der Waals surface area contributed by atoms with Crippen LogP contribution < -0.4 is 5.32 Å². The van der Waals surface area contributed by atoms with Crippen molar-refractivity contribution in [1.82, 2.24) is 14.5 Å². The largest absolute Gasteiger partial charge is 0.320 e. The number of nitrogens with one attached hydrogen (secondary N) is 1. The highest BCUT2D eigenvalue weighted by atomic mass is 32.2. The summed E-state index contributed by atoms with van der Waals surface area (Å²) in [5.41, 5.74) is 0.630. The number of carbonyl (C=O) groups is 1. The van der Waals surface area contributed by atoms with Gasteiger partial charge in [0.1, 0.15) is 5.01 Å². The van der Waals surface area contributed by atoms with Crippen LogP contribution in [-0.2, 0) is 10.0 Å². The van der Waals surface area contributed by atoms with Crippen molar-refractivity contribution < 1.29 is 22.0 Å². The van der Waals surface area contributed by atoms with Gasteiger partial charge in [-0.05, 0) is 43.2 Å². The molecule has 4 rings (SSSR count). The van der Waals surface area contributed by atoms with Crippen LogP contribution in [-0.4, -0.2) is 41.9 Å². The number of benzene rings is 2. The second-order valence-corrected chi connectivity index (χ2v) is 9.99. The van der Waals surface area contributed by atoms with E-state index in [1.54, 1.807) is 24.3 Å². The molecule has 11 heteroatoms. The Hall–Kier alpha value is -2.76. The van der Waals surface area contributed by atoms with E-state index in [4.69, 9.17) is 0 Å². The number of rotatable bonds is 5. The molecule has 1 aromatic heterocycles. The highest BCUT2D eigenvalue weighted by molar-refractivity contribution is 7.89. The van der Waals surface area contributed by atoms with E-state index in [1.807, 2.05) is 6.07 Å². The summed E-state index contributed by atoms with van der Waals surface area (Å²) >= 11 is 1.11. The SMILES string of the molecule is O=C(Nc1ccccc1)c1nnc([C@H]2CCCN(S(=O)(=O)c3ccc(F)c(F)c3)C2)s1. The number of aromatic nitrogens is 2. The van der Waals surface area contributed by atoms with E-state index in [0.717, 1.165) is 23.5 Å². The molecule has 162 valence electrons. The summed E-state index contributed by atoms with van der Waals surface area (Å²) < 4.78 is 53.7. The molecule has 1 aliphatic heterocycles. The predicted octanol–water partition coefficient (Wildman–Crippen LogP) is 3.64. The molecule has 0 bridgehead atoms. The number of sulfonamides is 1. The molecule has 2 heterocycles. The lowest BCUT2D eigenvalue weighted by Crippen LogP contribution is -2.39. The minimum atomic E-state index is -3.99. The Balaban J connectivity index is 1.49. The van der Waals surface area contributed by atoms with Gasteiger partial charge < -0.3 is 5.32 Å². The highest BCUT2D eigenvalue weighted by Crippen LogP contribution is 2.32. The van der Waals surface area contributed by atoms with Gasteiger partial charge in [-0.1, -0.05) is 29.5 Å². The Labute approximate surface area is 181 Å². The van der Waals surface area contributed by atoms with E-state index < -0.39 is 27.6 Å². The first-order valence-electron chi connectivity index (χ1n) is 9.49. The molecule has 31 heavy (non-hydrogen) atoms. The van der Waals surface area contributed by atoms with Gasteiger partial charge in [-0.3, -0.25) is 4.79 Å². The summed E-state index contributed by atoms with van der Waals surface area (Å²) in [6.45, 7) is 0.383. The van der Waals surface area contributed by atoms with Gasteiger partial charge in [-0.25, -0.2) is 17.2 Å². The number of nitrogens with zero attached hydrogens (tertiary/aromatic N) is 3. The molecule has 1 atom stereocenters. The van der Waals surface area contributed by atoms with Crippen LogP contribution in [0.5, 0.6) is 0 Å².